The fraction of sp³-hybridized carbons (Fsp3) is 0.500. The van der Waals surface area contributed by atoms with Crippen molar-refractivity contribution in [3.63, 3.8) is 0 Å². The lowest BCUT2D eigenvalue weighted by atomic mass is 9.92. The Balaban J connectivity index is 2.25. The first kappa shape index (κ1) is 7.34. The van der Waals surface area contributed by atoms with Gasteiger partial charge >= 0.3 is 6.09 Å². The lowest BCUT2D eigenvalue weighted by Crippen LogP contribution is -2.43. The van der Waals surface area contributed by atoms with E-state index in [9.17, 15) is 9.59 Å². The number of hydrogen-bond acceptors (Lipinski definition) is 3. The van der Waals surface area contributed by atoms with Gasteiger partial charge in [0.15, 0.2) is 0 Å². The van der Waals surface area contributed by atoms with Crippen LogP contribution >= 0.6 is 0 Å². The lowest BCUT2D eigenvalue weighted by molar-refractivity contribution is -0.126. The van der Waals surface area contributed by atoms with Crippen LogP contribution in [0.3, 0.4) is 0 Å². The van der Waals surface area contributed by atoms with Crippen molar-refractivity contribution >= 4 is 12.0 Å². The van der Waals surface area contributed by atoms with E-state index in [1.54, 1.807) is 0 Å². The third-order valence-corrected chi connectivity index (χ3v) is 2.14. The Morgan fingerprint density at radius 2 is 2.33 bits per heavy atom. The maximum absolute atomic E-state index is 11.2. The first-order valence-corrected chi connectivity index (χ1v) is 4.00. The number of amides is 2. The second-order valence-corrected chi connectivity index (χ2v) is 2.97. The SMILES string of the molecule is O=C1NC(=O)C2CCCC=C2O1. The van der Waals surface area contributed by atoms with Crippen molar-refractivity contribution < 1.29 is 14.3 Å². The van der Waals surface area contributed by atoms with Gasteiger partial charge in [-0.2, -0.15) is 0 Å². The molecular formula is C8H9NO3. The lowest BCUT2D eigenvalue weighted by Gasteiger charge is -2.26. The molecule has 1 aliphatic carbocycles. The Bertz CT molecular complexity index is 269. The molecule has 0 radical (unpaired) electrons. The molecule has 1 aliphatic heterocycles. The molecule has 1 heterocycles. The van der Waals surface area contributed by atoms with E-state index in [1.807, 2.05) is 6.08 Å². The minimum Gasteiger partial charge on any atom is -0.414 e. The van der Waals surface area contributed by atoms with Crippen molar-refractivity contribution in [3.05, 3.63) is 11.8 Å². The van der Waals surface area contributed by atoms with Gasteiger partial charge < -0.3 is 4.74 Å². The molecule has 4 nitrogen and oxygen atoms in total. The van der Waals surface area contributed by atoms with Crippen LogP contribution in [0, 0.1) is 5.92 Å². The minimum atomic E-state index is -0.649. The van der Waals surface area contributed by atoms with Gasteiger partial charge in [0.25, 0.3) is 0 Å². The van der Waals surface area contributed by atoms with Gasteiger partial charge in [0, 0.05) is 0 Å². The van der Waals surface area contributed by atoms with E-state index >= 15 is 0 Å². The average Bonchev–Trinajstić information content (AvgIpc) is 2.04. The number of alkyl carbamates (subject to hydrolysis) is 1. The molecule has 64 valence electrons. The number of carbonyl (C=O) groups is 2. The topological polar surface area (TPSA) is 55.4 Å². The van der Waals surface area contributed by atoms with Crippen LogP contribution in [0.4, 0.5) is 4.79 Å². The highest BCUT2D eigenvalue weighted by Gasteiger charge is 2.33. The van der Waals surface area contributed by atoms with E-state index in [-0.39, 0.29) is 11.8 Å². The van der Waals surface area contributed by atoms with Gasteiger partial charge in [-0.1, -0.05) is 0 Å². The van der Waals surface area contributed by atoms with Crippen LogP contribution in [0.25, 0.3) is 0 Å². The van der Waals surface area contributed by atoms with Crippen molar-refractivity contribution in [3.8, 4) is 0 Å². The van der Waals surface area contributed by atoms with Crippen molar-refractivity contribution in [2.75, 3.05) is 0 Å². The zero-order valence-electron chi connectivity index (χ0n) is 6.50. The van der Waals surface area contributed by atoms with Crippen LogP contribution < -0.4 is 5.32 Å². The minimum absolute atomic E-state index is 0.225. The summed E-state index contributed by atoms with van der Waals surface area (Å²) < 4.78 is 4.85. The summed E-state index contributed by atoms with van der Waals surface area (Å²) in [5.74, 6) is 0.0867. The maximum atomic E-state index is 11.2. The number of nitrogens with one attached hydrogen (secondary N) is 1. The van der Waals surface area contributed by atoms with Crippen LogP contribution in [-0.4, -0.2) is 12.0 Å². The summed E-state index contributed by atoms with van der Waals surface area (Å²) in [4.78, 5) is 21.9. The smallest absolute Gasteiger partial charge is 0.414 e. The Morgan fingerprint density at radius 1 is 1.50 bits per heavy atom. The predicted octanol–water partition coefficient (Wildman–Crippen LogP) is 0.937. The Morgan fingerprint density at radius 3 is 3.17 bits per heavy atom. The van der Waals surface area contributed by atoms with E-state index in [2.05, 4.69) is 5.32 Å². The standard InChI is InChI=1S/C8H9NO3/c10-7-5-3-1-2-4-6(5)12-8(11)9-7/h4-5H,1-3H2,(H,9,10,11). The molecule has 0 aromatic heterocycles. The molecule has 1 fully saturated rings. The Hall–Kier alpha value is -1.32. The highest BCUT2D eigenvalue weighted by Crippen LogP contribution is 2.28. The fourth-order valence-electron chi connectivity index (χ4n) is 1.54. The summed E-state index contributed by atoms with van der Waals surface area (Å²) in [5, 5.41) is 2.14. The molecule has 1 unspecified atom stereocenters. The van der Waals surface area contributed by atoms with Crippen molar-refractivity contribution in [1.82, 2.24) is 5.32 Å². The van der Waals surface area contributed by atoms with Crippen LogP contribution in [0.15, 0.2) is 11.8 Å². The summed E-state index contributed by atoms with van der Waals surface area (Å²) in [5.41, 5.74) is 0. The van der Waals surface area contributed by atoms with Crippen molar-refractivity contribution in [2.45, 2.75) is 19.3 Å². The van der Waals surface area contributed by atoms with E-state index in [0.29, 0.717) is 5.76 Å². The molecule has 4 heteroatoms. The average molecular weight is 167 g/mol. The summed E-state index contributed by atoms with van der Waals surface area (Å²) in [7, 11) is 0. The number of ether oxygens (including phenoxy) is 1. The largest absolute Gasteiger partial charge is 0.419 e. The number of carbonyl (C=O) groups excluding carboxylic acids is 2. The second-order valence-electron chi connectivity index (χ2n) is 2.97. The highest BCUT2D eigenvalue weighted by molar-refractivity contribution is 5.97. The predicted molar refractivity (Wildman–Crippen MR) is 40.0 cm³/mol. The normalized spacial score (nSPS) is 28.3. The van der Waals surface area contributed by atoms with Gasteiger partial charge in [-0.05, 0) is 25.3 Å². The first-order valence-electron chi connectivity index (χ1n) is 4.00. The molecule has 1 atom stereocenters. The zero-order valence-corrected chi connectivity index (χ0v) is 6.50. The van der Waals surface area contributed by atoms with Crippen LogP contribution in [-0.2, 0) is 9.53 Å². The fourth-order valence-corrected chi connectivity index (χ4v) is 1.54. The van der Waals surface area contributed by atoms with Crippen LogP contribution in [0.1, 0.15) is 19.3 Å². The molecule has 2 aliphatic rings. The molecule has 2 amide bonds. The Kier molecular flexibility index (Phi) is 1.60. The summed E-state index contributed by atoms with van der Waals surface area (Å²) in [6.07, 6.45) is 3.84. The van der Waals surface area contributed by atoms with Gasteiger partial charge in [0.1, 0.15) is 5.76 Å². The number of rotatable bonds is 0. The van der Waals surface area contributed by atoms with Gasteiger partial charge in [-0.3, -0.25) is 10.1 Å². The number of allylic oxidation sites excluding steroid dienone is 1. The summed E-state index contributed by atoms with van der Waals surface area (Å²) in [6.45, 7) is 0. The third kappa shape index (κ3) is 1.09. The third-order valence-electron chi connectivity index (χ3n) is 2.14. The van der Waals surface area contributed by atoms with Crippen molar-refractivity contribution in [2.24, 2.45) is 5.92 Å². The number of fused-ring (bicyclic) bond motifs is 1. The molecule has 2 rings (SSSR count). The van der Waals surface area contributed by atoms with Gasteiger partial charge in [-0.25, -0.2) is 4.79 Å². The van der Waals surface area contributed by atoms with E-state index in [0.717, 1.165) is 19.3 Å². The number of hydrogen-bond donors (Lipinski definition) is 1. The molecule has 12 heavy (non-hydrogen) atoms. The van der Waals surface area contributed by atoms with Gasteiger partial charge in [0.05, 0.1) is 5.92 Å². The molecule has 0 saturated carbocycles. The van der Waals surface area contributed by atoms with Crippen LogP contribution in [0.5, 0.6) is 0 Å². The van der Waals surface area contributed by atoms with Gasteiger partial charge in [-0.15, -0.1) is 0 Å². The number of imide groups is 1. The second kappa shape index (κ2) is 2.62. The molecule has 1 saturated heterocycles. The monoisotopic (exact) mass is 167 g/mol. The van der Waals surface area contributed by atoms with E-state index in [4.69, 9.17) is 4.74 Å². The quantitative estimate of drug-likeness (QED) is 0.584. The van der Waals surface area contributed by atoms with Crippen LogP contribution in [0.2, 0.25) is 0 Å². The molecule has 1 N–H and O–H groups in total. The molecule has 0 bridgehead atoms. The van der Waals surface area contributed by atoms with Gasteiger partial charge in [0.2, 0.25) is 5.91 Å². The van der Waals surface area contributed by atoms with E-state index < -0.39 is 6.09 Å². The molecular weight excluding hydrogens is 158 g/mol. The maximum Gasteiger partial charge on any atom is 0.419 e. The Labute approximate surface area is 69.6 Å². The van der Waals surface area contributed by atoms with E-state index in [1.165, 1.54) is 0 Å². The first-order chi connectivity index (χ1) is 5.77. The highest BCUT2D eigenvalue weighted by atomic mass is 16.6. The molecule has 0 spiro atoms. The zero-order chi connectivity index (χ0) is 8.55. The summed E-state index contributed by atoms with van der Waals surface area (Å²) in [6, 6.07) is 0. The van der Waals surface area contributed by atoms with Crippen molar-refractivity contribution in [1.29, 1.82) is 0 Å². The summed E-state index contributed by atoms with van der Waals surface area (Å²) >= 11 is 0. The molecule has 0 aromatic rings. The molecule has 0 aromatic carbocycles.